The van der Waals surface area contributed by atoms with Crippen LogP contribution in [-0.2, 0) is 9.47 Å². The van der Waals surface area contributed by atoms with E-state index in [1.807, 2.05) is 12.2 Å². The highest BCUT2D eigenvalue weighted by Crippen LogP contribution is 2.67. The second-order valence-corrected chi connectivity index (χ2v) is 6.66. The van der Waals surface area contributed by atoms with Crippen LogP contribution in [-0.4, -0.2) is 47.5 Å². The molecule has 2 heterocycles. The van der Waals surface area contributed by atoms with Crippen molar-refractivity contribution in [3.05, 3.63) is 36.5 Å². The van der Waals surface area contributed by atoms with Crippen molar-refractivity contribution >= 4 is 12.2 Å². The summed E-state index contributed by atoms with van der Waals surface area (Å²) in [6.07, 6.45) is 13.6. The molecule has 0 N–H and O–H groups in total. The summed E-state index contributed by atoms with van der Waals surface area (Å²) in [7, 11) is 0. The van der Waals surface area contributed by atoms with Crippen LogP contribution in [0.4, 0.5) is 9.59 Å². The quantitative estimate of drug-likeness (QED) is 0.730. The largest absolute Gasteiger partial charge is 0.448 e. The number of hydrazine groups is 1. The molecule has 0 aromatic rings. The molecule has 5 rings (SSSR count). The SMILES string of the molecule is CCOC(=O)N1[C@H]2C=C[C@@H](N1C(=O)OCC)[C@@]13C=C[C@]21CC=CC3. The van der Waals surface area contributed by atoms with Crippen LogP contribution in [0.2, 0.25) is 0 Å². The molecule has 1 fully saturated rings. The third kappa shape index (κ3) is 1.61. The van der Waals surface area contributed by atoms with Crippen LogP contribution in [0.3, 0.4) is 0 Å². The minimum absolute atomic E-state index is 0.156. The number of hydrogen-bond acceptors (Lipinski definition) is 4. The summed E-state index contributed by atoms with van der Waals surface area (Å²) < 4.78 is 10.5. The second kappa shape index (κ2) is 5.13. The highest BCUT2D eigenvalue weighted by atomic mass is 16.6. The van der Waals surface area contributed by atoms with Crippen molar-refractivity contribution in [3.8, 4) is 0 Å². The number of carbonyl (C=O) groups is 2. The summed E-state index contributed by atoms with van der Waals surface area (Å²) in [5.74, 6) is 0. The molecule has 0 aromatic carbocycles. The third-order valence-corrected chi connectivity index (χ3v) is 5.82. The number of fused-ring (bicyclic) bond motifs is 1. The number of carbonyl (C=O) groups excluding carboxylic acids is 2. The average Bonchev–Trinajstić information content (AvgIpc) is 2.56. The Labute approximate surface area is 141 Å². The Morgan fingerprint density at radius 2 is 1.33 bits per heavy atom. The Morgan fingerprint density at radius 1 is 0.917 bits per heavy atom. The molecule has 2 aliphatic heterocycles. The molecule has 2 bridgehead atoms. The molecule has 1 saturated heterocycles. The van der Waals surface area contributed by atoms with Crippen LogP contribution in [0.1, 0.15) is 26.7 Å². The second-order valence-electron chi connectivity index (χ2n) is 6.66. The standard InChI is InChI=1S/C18H22N2O4/c1-3-23-15(21)19-13-7-8-14(20(19)16(22)24-4-2)18-10-6-5-9-17(13,18)11-12-18/h5-8,11-14H,3-4,9-10H2,1-2H3/t13-,14+,17-,18-/m1/s1. The third-order valence-electron chi connectivity index (χ3n) is 5.82. The Bertz CT molecular complexity index is 616. The maximum Gasteiger partial charge on any atom is 0.429 e. The molecule has 0 aromatic heterocycles. The van der Waals surface area contributed by atoms with Gasteiger partial charge in [0.25, 0.3) is 0 Å². The van der Waals surface area contributed by atoms with E-state index in [4.69, 9.17) is 9.47 Å². The number of nitrogens with zero attached hydrogens (tertiary/aromatic N) is 2. The molecule has 4 atom stereocenters. The lowest BCUT2D eigenvalue weighted by Crippen LogP contribution is -2.78. The van der Waals surface area contributed by atoms with Crippen LogP contribution in [0, 0.1) is 10.8 Å². The maximum absolute atomic E-state index is 12.6. The molecule has 24 heavy (non-hydrogen) atoms. The summed E-state index contributed by atoms with van der Waals surface area (Å²) in [5, 5.41) is 2.93. The van der Waals surface area contributed by atoms with Crippen LogP contribution in [0.5, 0.6) is 0 Å². The van der Waals surface area contributed by atoms with E-state index >= 15 is 0 Å². The first-order chi connectivity index (χ1) is 11.6. The van der Waals surface area contributed by atoms with Crippen LogP contribution in [0.25, 0.3) is 0 Å². The molecule has 5 aliphatic rings. The van der Waals surface area contributed by atoms with Crippen molar-refractivity contribution in [3.63, 3.8) is 0 Å². The Balaban J connectivity index is 1.80. The molecule has 3 aliphatic carbocycles. The fourth-order valence-electron chi connectivity index (χ4n) is 4.78. The average molecular weight is 330 g/mol. The number of allylic oxidation sites excluding steroid dienone is 2. The first-order valence-corrected chi connectivity index (χ1v) is 8.57. The lowest BCUT2D eigenvalue weighted by molar-refractivity contribution is -0.182. The fraction of sp³-hybridized carbons (Fsp3) is 0.556. The van der Waals surface area contributed by atoms with Crippen molar-refractivity contribution in [1.82, 2.24) is 10.0 Å². The van der Waals surface area contributed by atoms with Crippen molar-refractivity contribution in [1.29, 1.82) is 0 Å². The minimum atomic E-state index is -0.497. The van der Waals surface area contributed by atoms with Gasteiger partial charge in [-0.1, -0.05) is 36.5 Å². The van der Waals surface area contributed by atoms with E-state index in [-0.39, 0.29) is 36.1 Å². The van der Waals surface area contributed by atoms with Crippen molar-refractivity contribution in [2.45, 2.75) is 38.8 Å². The molecule has 0 saturated carbocycles. The molecule has 2 amide bonds. The summed E-state index contributed by atoms with van der Waals surface area (Å²) >= 11 is 0. The van der Waals surface area contributed by atoms with E-state index in [0.717, 1.165) is 12.8 Å². The van der Waals surface area contributed by atoms with Gasteiger partial charge in [0.1, 0.15) is 0 Å². The number of rotatable bonds is 2. The van der Waals surface area contributed by atoms with Crippen LogP contribution < -0.4 is 0 Å². The Morgan fingerprint density at radius 3 is 1.67 bits per heavy atom. The van der Waals surface area contributed by atoms with Gasteiger partial charge in [-0.3, -0.25) is 0 Å². The number of amides is 2. The van der Waals surface area contributed by atoms with E-state index in [2.05, 4.69) is 24.3 Å². The zero-order chi connectivity index (χ0) is 16.9. The highest BCUT2D eigenvalue weighted by Gasteiger charge is 2.71. The lowest BCUT2D eigenvalue weighted by Gasteiger charge is -2.70. The van der Waals surface area contributed by atoms with Gasteiger partial charge in [0.05, 0.1) is 25.3 Å². The molecule has 0 unspecified atom stereocenters. The molecule has 6 heteroatoms. The van der Waals surface area contributed by atoms with Crippen LogP contribution in [0.15, 0.2) is 36.5 Å². The normalized spacial score (nSPS) is 37.6. The lowest BCUT2D eigenvalue weighted by atomic mass is 9.42. The monoisotopic (exact) mass is 330 g/mol. The van der Waals surface area contributed by atoms with Gasteiger partial charge < -0.3 is 9.47 Å². The summed E-state index contributed by atoms with van der Waals surface area (Å²) in [6, 6.07) is -0.471. The van der Waals surface area contributed by atoms with Crippen molar-refractivity contribution in [2.24, 2.45) is 10.8 Å². The number of ether oxygens (including phenoxy) is 2. The molecular weight excluding hydrogens is 308 g/mol. The molecule has 0 spiro atoms. The van der Waals surface area contributed by atoms with Crippen molar-refractivity contribution in [2.75, 3.05) is 13.2 Å². The van der Waals surface area contributed by atoms with Gasteiger partial charge in [-0.2, -0.15) is 0 Å². The summed E-state index contributed by atoms with van der Waals surface area (Å²) in [6.45, 7) is 4.06. The van der Waals surface area contributed by atoms with Gasteiger partial charge >= 0.3 is 12.2 Å². The Kier molecular flexibility index (Phi) is 3.27. The van der Waals surface area contributed by atoms with E-state index in [1.165, 1.54) is 10.0 Å². The first-order valence-electron chi connectivity index (χ1n) is 8.57. The van der Waals surface area contributed by atoms with E-state index in [9.17, 15) is 9.59 Å². The molecule has 128 valence electrons. The molecule has 0 radical (unpaired) electrons. The highest BCUT2D eigenvalue weighted by molar-refractivity contribution is 5.77. The maximum atomic E-state index is 12.6. The zero-order valence-electron chi connectivity index (χ0n) is 14.0. The predicted octanol–water partition coefficient (Wildman–Crippen LogP) is 3.03. The van der Waals surface area contributed by atoms with Gasteiger partial charge in [0.15, 0.2) is 0 Å². The topological polar surface area (TPSA) is 59.1 Å². The van der Waals surface area contributed by atoms with E-state index in [1.54, 1.807) is 13.8 Å². The van der Waals surface area contributed by atoms with E-state index in [0.29, 0.717) is 0 Å². The number of hydrogen-bond donors (Lipinski definition) is 0. The fourth-order valence-corrected chi connectivity index (χ4v) is 4.78. The van der Waals surface area contributed by atoms with Gasteiger partial charge in [-0.15, -0.1) is 0 Å². The van der Waals surface area contributed by atoms with E-state index < -0.39 is 12.2 Å². The first kappa shape index (κ1) is 15.3. The van der Waals surface area contributed by atoms with Gasteiger partial charge in [0, 0.05) is 10.8 Å². The van der Waals surface area contributed by atoms with Gasteiger partial charge in [0.2, 0.25) is 0 Å². The van der Waals surface area contributed by atoms with Crippen molar-refractivity contribution < 1.29 is 19.1 Å². The molecular formula is C18H22N2O4. The Hall–Kier alpha value is -2.24. The zero-order valence-corrected chi connectivity index (χ0v) is 14.0. The molecule has 6 nitrogen and oxygen atoms in total. The van der Waals surface area contributed by atoms with Gasteiger partial charge in [-0.05, 0) is 26.7 Å². The van der Waals surface area contributed by atoms with Crippen LogP contribution >= 0.6 is 0 Å². The smallest absolute Gasteiger partial charge is 0.429 e. The predicted molar refractivity (Wildman–Crippen MR) is 86.8 cm³/mol. The van der Waals surface area contributed by atoms with Gasteiger partial charge in [-0.25, -0.2) is 19.6 Å². The summed E-state index contributed by atoms with van der Waals surface area (Å²) in [4.78, 5) is 25.3. The minimum Gasteiger partial charge on any atom is -0.448 e. The summed E-state index contributed by atoms with van der Waals surface area (Å²) in [5.41, 5.74) is -0.312.